The molecule has 0 aliphatic heterocycles. The predicted octanol–water partition coefficient (Wildman–Crippen LogP) is 0.581. The van der Waals surface area contributed by atoms with Crippen molar-refractivity contribution in [1.82, 2.24) is 19.6 Å². The summed E-state index contributed by atoms with van der Waals surface area (Å²) >= 11 is 0. The normalized spacial score (nSPS) is 12.2. The van der Waals surface area contributed by atoms with Gasteiger partial charge in [0, 0.05) is 31.5 Å². The molecule has 1 heterocycles. The van der Waals surface area contributed by atoms with Crippen LogP contribution in [-0.4, -0.2) is 42.9 Å². The van der Waals surface area contributed by atoms with Gasteiger partial charge in [0.2, 0.25) is 10.0 Å². The lowest BCUT2D eigenvalue weighted by Crippen LogP contribution is -2.31. The van der Waals surface area contributed by atoms with Crippen molar-refractivity contribution in [2.75, 3.05) is 18.8 Å². The number of hydrogen-bond donors (Lipinski definition) is 2. The molecule has 0 saturated carbocycles. The number of nitrogens with zero attached hydrogens (tertiary/aromatic N) is 2. The SMILES string of the molecule is CC(C)NCCCS(=O)(=O)NCCCn1ccnc1. The van der Waals surface area contributed by atoms with Gasteiger partial charge < -0.3 is 9.88 Å². The fraction of sp³-hybridized carbons (Fsp3) is 0.750. The molecular weight excluding hydrogens is 264 g/mol. The molecule has 2 N–H and O–H groups in total. The molecule has 0 aliphatic carbocycles. The smallest absolute Gasteiger partial charge is 0.211 e. The summed E-state index contributed by atoms with van der Waals surface area (Å²) in [6.07, 6.45) is 6.71. The van der Waals surface area contributed by atoms with Crippen LogP contribution in [0.5, 0.6) is 0 Å². The number of nitrogens with one attached hydrogen (secondary N) is 2. The van der Waals surface area contributed by atoms with E-state index in [0.717, 1.165) is 19.5 Å². The first-order valence-corrected chi connectivity index (χ1v) is 8.31. The second-order valence-electron chi connectivity index (χ2n) is 4.83. The number of sulfonamides is 1. The molecule has 0 amide bonds. The molecule has 0 aromatic carbocycles. The molecule has 0 radical (unpaired) electrons. The van der Waals surface area contributed by atoms with Crippen molar-refractivity contribution in [3.05, 3.63) is 18.7 Å². The summed E-state index contributed by atoms with van der Waals surface area (Å²) in [7, 11) is -3.14. The molecule has 110 valence electrons. The molecule has 0 bridgehead atoms. The third kappa shape index (κ3) is 7.97. The maximum Gasteiger partial charge on any atom is 0.211 e. The number of aryl methyl sites for hydroxylation is 1. The highest BCUT2D eigenvalue weighted by Gasteiger charge is 2.08. The van der Waals surface area contributed by atoms with Crippen molar-refractivity contribution in [2.45, 2.75) is 39.3 Å². The third-order valence-electron chi connectivity index (χ3n) is 2.62. The fourth-order valence-electron chi connectivity index (χ4n) is 1.63. The Balaban J connectivity index is 2.09. The summed E-state index contributed by atoms with van der Waals surface area (Å²) < 4.78 is 27.9. The summed E-state index contributed by atoms with van der Waals surface area (Å²) in [5.41, 5.74) is 0. The zero-order valence-electron chi connectivity index (χ0n) is 11.7. The molecule has 1 rings (SSSR count). The van der Waals surface area contributed by atoms with Gasteiger partial charge in [-0.25, -0.2) is 18.1 Å². The molecule has 0 spiro atoms. The molecule has 0 saturated heterocycles. The first-order chi connectivity index (χ1) is 8.99. The highest BCUT2D eigenvalue weighted by atomic mass is 32.2. The summed E-state index contributed by atoms with van der Waals surface area (Å²) in [4.78, 5) is 3.93. The van der Waals surface area contributed by atoms with Crippen molar-refractivity contribution < 1.29 is 8.42 Å². The maximum absolute atomic E-state index is 11.7. The highest BCUT2D eigenvalue weighted by molar-refractivity contribution is 7.89. The van der Waals surface area contributed by atoms with Gasteiger partial charge in [-0.05, 0) is 19.4 Å². The Morgan fingerprint density at radius 2 is 2.05 bits per heavy atom. The van der Waals surface area contributed by atoms with Gasteiger partial charge in [0.05, 0.1) is 12.1 Å². The average molecular weight is 288 g/mol. The van der Waals surface area contributed by atoms with Crippen LogP contribution in [0.1, 0.15) is 26.7 Å². The van der Waals surface area contributed by atoms with E-state index in [-0.39, 0.29) is 5.75 Å². The van der Waals surface area contributed by atoms with E-state index in [1.165, 1.54) is 0 Å². The Morgan fingerprint density at radius 3 is 2.68 bits per heavy atom. The van der Waals surface area contributed by atoms with Crippen LogP contribution < -0.4 is 10.0 Å². The fourth-order valence-corrected chi connectivity index (χ4v) is 2.76. The number of hydrogen-bond acceptors (Lipinski definition) is 4. The first-order valence-electron chi connectivity index (χ1n) is 6.66. The second kappa shape index (κ2) is 8.29. The van der Waals surface area contributed by atoms with Crippen LogP contribution in [0.3, 0.4) is 0 Å². The lowest BCUT2D eigenvalue weighted by molar-refractivity contribution is 0.555. The Labute approximate surface area is 115 Å². The molecule has 0 aliphatic rings. The number of imidazole rings is 1. The van der Waals surface area contributed by atoms with Crippen LogP contribution in [-0.2, 0) is 16.6 Å². The first kappa shape index (κ1) is 16.1. The van der Waals surface area contributed by atoms with E-state index >= 15 is 0 Å². The lowest BCUT2D eigenvalue weighted by atomic mass is 10.4. The van der Waals surface area contributed by atoms with E-state index in [4.69, 9.17) is 0 Å². The minimum absolute atomic E-state index is 0.178. The van der Waals surface area contributed by atoms with Gasteiger partial charge in [-0.2, -0.15) is 0 Å². The van der Waals surface area contributed by atoms with Crippen LogP contribution >= 0.6 is 0 Å². The van der Waals surface area contributed by atoms with Gasteiger partial charge in [0.25, 0.3) is 0 Å². The van der Waals surface area contributed by atoms with Crippen LogP contribution in [0.4, 0.5) is 0 Å². The molecular formula is C12H24N4O2S. The largest absolute Gasteiger partial charge is 0.337 e. The second-order valence-corrected chi connectivity index (χ2v) is 6.76. The third-order valence-corrected chi connectivity index (χ3v) is 4.09. The summed E-state index contributed by atoms with van der Waals surface area (Å²) in [6.45, 7) is 6.06. The van der Waals surface area contributed by atoms with Crippen molar-refractivity contribution in [1.29, 1.82) is 0 Å². The molecule has 0 atom stereocenters. The minimum atomic E-state index is -3.14. The molecule has 19 heavy (non-hydrogen) atoms. The van der Waals surface area contributed by atoms with Crippen molar-refractivity contribution in [2.24, 2.45) is 0 Å². The van der Waals surface area contributed by atoms with E-state index in [9.17, 15) is 8.42 Å². The van der Waals surface area contributed by atoms with Gasteiger partial charge in [-0.3, -0.25) is 0 Å². The Bertz CT molecular complexity index is 429. The summed E-state index contributed by atoms with van der Waals surface area (Å²) in [5.74, 6) is 0.178. The Morgan fingerprint density at radius 1 is 1.26 bits per heavy atom. The van der Waals surface area contributed by atoms with E-state index in [0.29, 0.717) is 19.0 Å². The van der Waals surface area contributed by atoms with Crippen LogP contribution in [0.2, 0.25) is 0 Å². The Kier molecular flexibility index (Phi) is 7.04. The van der Waals surface area contributed by atoms with E-state index in [2.05, 4.69) is 15.0 Å². The minimum Gasteiger partial charge on any atom is -0.337 e. The maximum atomic E-state index is 11.7. The van der Waals surface area contributed by atoms with Crippen molar-refractivity contribution >= 4 is 10.0 Å². The monoisotopic (exact) mass is 288 g/mol. The molecule has 0 fully saturated rings. The van der Waals surface area contributed by atoms with Gasteiger partial charge in [0.15, 0.2) is 0 Å². The van der Waals surface area contributed by atoms with Crippen LogP contribution in [0.15, 0.2) is 18.7 Å². The highest BCUT2D eigenvalue weighted by Crippen LogP contribution is 1.93. The summed E-state index contributed by atoms with van der Waals surface area (Å²) in [5, 5.41) is 3.20. The van der Waals surface area contributed by atoms with Gasteiger partial charge in [0.1, 0.15) is 0 Å². The van der Waals surface area contributed by atoms with Crippen molar-refractivity contribution in [3.8, 4) is 0 Å². The van der Waals surface area contributed by atoms with Crippen molar-refractivity contribution in [3.63, 3.8) is 0 Å². The van der Waals surface area contributed by atoms with Gasteiger partial charge >= 0.3 is 0 Å². The molecule has 7 heteroatoms. The number of aromatic nitrogens is 2. The van der Waals surface area contributed by atoms with Crippen LogP contribution in [0.25, 0.3) is 0 Å². The standard InChI is InChI=1S/C12H24N4O2S/c1-12(2)14-5-4-10-19(17,18)15-6-3-8-16-9-7-13-11-16/h7,9,11-12,14-15H,3-6,8,10H2,1-2H3. The van der Waals surface area contributed by atoms with Gasteiger partial charge in [-0.15, -0.1) is 0 Å². The summed E-state index contributed by atoms with van der Waals surface area (Å²) in [6, 6.07) is 0.394. The Hall–Kier alpha value is -0.920. The zero-order valence-corrected chi connectivity index (χ0v) is 12.5. The molecule has 0 unspecified atom stereocenters. The van der Waals surface area contributed by atoms with E-state index in [1.807, 2.05) is 24.6 Å². The van der Waals surface area contributed by atoms with Crippen LogP contribution in [0, 0.1) is 0 Å². The van der Waals surface area contributed by atoms with E-state index < -0.39 is 10.0 Å². The van der Waals surface area contributed by atoms with Gasteiger partial charge in [-0.1, -0.05) is 13.8 Å². The topological polar surface area (TPSA) is 76.0 Å². The molecule has 1 aromatic rings. The predicted molar refractivity (Wildman–Crippen MR) is 76.4 cm³/mol. The lowest BCUT2D eigenvalue weighted by Gasteiger charge is -2.09. The quantitative estimate of drug-likeness (QED) is 0.618. The zero-order chi connectivity index (χ0) is 14.1. The molecule has 6 nitrogen and oxygen atoms in total. The van der Waals surface area contributed by atoms with E-state index in [1.54, 1.807) is 12.5 Å². The average Bonchev–Trinajstić information content (AvgIpc) is 2.83. The number of rotatable bonds is 10. The molecule has 1 aromatic heterocycles.